The molecule has 1 aliphatic rings. The number of ether oxygens (including phenoxy) is 4. The molecule has 0 aliphatic carbocycles. The van der Waals surface area contributed by atoms with Gasteiger partial charge in [0.05, 0.1) is 27.4 Å². The molecule has 1 fully saturated rings. The summed E-state index contributed by atoms with van der Waals surface area (Å²) < 4.78 is 19.1. The number of ketones is 1. The van der Waals surface area contributed by atoms with Crippen molar-refractivity contribution in [1.82, 2.24) is 20.5 Å². The van der Waals surface area contributed by atoms with E-state index in [-0.39, 0.29) is 37.4 Å². The molecule has 0 saturated carbocycles. The summed E-state index contributed by atoms with van der Waals surface area (Å²) in [4.78, 5) is 79.8. The number of methoxy groups -OCH3 is 3. The zero-order valence-corrected chi connectivity index (χ0v) is 24.2. The molecule has 2 aromatic rings. The van der Waals surface area contributed by atoms with Crippen molar-refractivity contribution in [2.75, 3.05) is 34.5 Å². The number of benzene rings is 1. The van der Waals surface area contributed by atoms with E-state index in [0.717, 1.165) is 19.1 Å². The molecule has 0 spiro atoms. The molecule has 1 aromatic carbocycles. The molecular formula is C28H36N4O10. The molecule has 14 nitrogen and oxygen atoms in total. The summed E-state index contributed by atoms with van der Waals surface area (Å²) in [5.74, 6) is -2.70. The summed E-state index contributed by atoms with van der Waals surface area (Å²) in [5, 5.41) is 6.03. The van der Waals surface area contributed by atoms with Gasteiger partial charge in [0, 0.05) is 23.4 Å². The number of aromatic nitrogens is 1. The fraction of sp³-hybridized carbons (Fsp3) is 0.500. The van der Waals surface area contributed by atoms with E-state index in [9.17, 15) is 28.8 Å². The number of rotatable bonds is 12. The average Bonchev–Trinajstić information content (AvgIpc) is 3.57. The third-order valence-corrected chi connectivity index (χ3v) is 6.85. The summed E-state index contributed by atoms with van der Waals surface area (Å²) in [7, 11) is 3.74. The number of carbonyl (C=O) groups excluding carboxylic acids is 6. The van der Waals surface area contributed by atoms with E-state index in [1.54, 1.807) is 24.3 Å². The van der Waals surface area contributed by atoms with Crippen molar-refractivity contribution in [3.05, 3.63) is 30.0 Å². The molecule has 3 N–H and O–H groups in total. The molecule has 14 heteroatoms. The number of carbonyl (C=O) groups is 6. The zero-order valence-electron chi connectivity index (χ0n) is 24.2. The largest absolute Gasteiger partial charge is 0.508 e. The molecule has 42 heavy (non-hydrogen) atoms. The number of imide groups is 1. The molecule has 2 unspecified atom stereocenters. The van der Waals surface area contributed by atoms with Gasteiger partial charge in [0.2, 0.25) is 11.8 Å². The fourth-order valence-electron chi connectivity index (χ4n) is 4.73. The van der Waals surface area contributed by atoms with Crippen LogP contribution in [-0.2, 0) is 28.6 Å². The van der Waals surface area contributed by atoms with E-state index < -0.39 is 60.4 Å². The predicted octanol–water partition coefficient (Wildman–Crippen LogP) is 2.16. The molecule has 1 aromatic heterocycles. The van der Waals surface area contributed by atoms with Gasteiger partial charge in [-0.25, -0.2) is 14.5 Å². The van der Waals surface area contributed by atoms with E-state index in [1.165, 1.54) is 7.11 Å². The Morgan fingerprint density at radius 2 is 1.79 bits per heavy atom. The Morgan fingerprint density at radius 3 is 2.43 bits per heavy atom. The minimum Gasteiger partial charge on any atom is -0.496 e. The Labute approximate surface area is 242 Å². The molecule has 0 bridgehead atoms. The fourth-order valence-corrected chi connectivity index (χ4v) is 4.73. The minimum atomic E-state index is -1.27. The monoisotopic (exact) mass is 588 g/mol. The number of nitrogens with zero attached hydrogens (tertiary/aromatic N) is 1. The molecule has 1 aliphatic heterocycles. The van der Waals surface area contributed by atoms with Gasteiger partial charge in [-0.3, -0.25) is 19.2 Å². The van der Waals surface area contributed by atoms with Crippen molar-refractivity contribution in [1.29, 1.82) is 0 Å². The number of Topliss-reactive ketones (excluding diaryl/α,β-unsaturated/α-hetero) is 1. The maximum Gasteiger partial charge on any atom is 0.508 e. The standard InChI is InChI=1S/C28H36N4O10/c1-15(2)11-20(31-25(35)21-13-17-18(29-21)7-6-8-23(17)39-3)24(34)30-19(22(33)14-42-28(38)41-5)12-16-9-10-32(26(16)36)27(37)40-4/h6-8,13,15-16,19-20,29H,9-12,14H2,1-5H3,(H,30,34)(H,31,35)/t16-,19?,20?/m0/s1. The second-order valence-electron chi connectivity index (χ2n) is 10.2. The Hall–Kier alpha value is -4.62. The lowest BCUT2D eigenvalue weighted by molar-refractivity contribution is -0.133. The quantitative estimate of drug-likeness (QED) is 0.311. The van der Waals surface area contributed by atoms with Crippen molar-refractivity contribution in [3.8, 4) is 5.75 Å². The zero-order chi connectivity index (χ0) is 31.0. The van der Waals surface area contributed by atoms with Crippen LogP contribution in [-0.4, -0.2) is 92.2 Å². The van der Waals surface area contributed by atoms with Gasteiger partial charge in [0.1, 0.15) is 17.5 Å². The van der Waals surface area contributed by atoms with Crippen molar-refractivity contribution >= 4 is 46.7 Å². The molecular weight excluding hydrogens is 552 g/mol. The number of H-pyrrole nitrogens is 1. The maximum atomic E-state index is 13.5. The van der Waals surface area contributed by atoms with Crippen LogP contribution in [0.5, 0.6) is 5.75 Å². The van der Waals surface area contributed by atoms with Gasteiger partial charge in [0.25, 0.3) is 5.91 Å². The first-order valence-electron chi connectivity index (χ1n) is 13.4. The van der Waals surface area contributed by atoms with Crippen molar-refractivity contribution in [2.45, 2.75) is 45.2 Å². The Kier molecular flexibility index (Phi) is 10.9. The van der Waals surface area contributed by atoms with Crippen molar-refractivity contribution < 1.29 is 47.7 Å². The first kappa shape index (κ1) is 31.9. The highest BCUT2D eigenvalue weighted by atomic mass is 16.7. The highest BCUT2D eigenvalue weighted by Gasteiger charge is 2.39. The van der Waals surface area contributed by atoms with E-state index in [1.807, 2.05) is 13.8 Å². The van der Waals surface area contributed by atoms with Gasteiger partial charge in [-0.1, -0.05) is 19.9 Å². The Bertz CT molecular complexity index is 1340. The molecule has 2 heterocycles. The minimum absolute atomic E-state index is 0.0225. The normalized spacial score (nSPS) is 16.1. The number of hydrogen-bond acceptors (Lipinski definition) is 10. The highest BCUT2D eigenvalue weighted by Crippen LogP contribution is 2.26. The summed E-state index contributed by atoms with van der Waals surface area (Å²) in [6.45, 7) is 3.10. The lowest BCUT2D eigenvalue weighted by Gasteiger charge is -2.25. The van der Waals surface area contributed by atoms with Gasteiger partial charge >= 0.3 is 12.2 Å². The van der Waals surface area contributed by atoms with E-state index >= 15 is 0 Å². The number of nitrogens with one attached hydrogen (secondary N) is 3. The third-order valence-electron chi connectivity index (χ3n) is 6.85. The van der Waals surface area contributed by atoms with E-state index in [0.29, 0.717) is 16.7 Å². The second-order valence-corrected chi connectivity index (χ2v) is 10.2. The van der Waals surface area contributed by atoms with Gasteiger partial charge < -0.3 is 34.6 Å². The maximum absolute atomic E-state index is 13.5. The average molecular weight is 589 g/mol. The van der Waals surface area contributed by atoms with Crippen LogP contribution in [0, 0.1) is 11.8 Å². The molecule has 4 amide bonds. The van der Waals surface area contributed by atoms with Crippen LogP contribution in [0.25, 0.3) is 10.9 Å². The van der Waals surface area contributed by atoms with Crippen molar-refractivity contribution in [3.63, 3.8) is 0 Å². The number of aromatic amines is 1. The van der Waals surface area contributed by atoms with E-state index in [2.05, 4.69) is 25.1 Å². The molecule has 0 radical (unpaired) electrons. The van der Waals surface area contributed by atoms with Crippen LogP contribution in [0.2, 0.25) is 0 Å². The second kappa shape index (κ2) is 14.3. The van der Waals surface area contributed by atoms with Crippen LogP contribution in [0.15, 0.2) is 24.3 Å². The lowest BCUT2D eigenvalue weighted by Crippen LogP contribution is -2.53. The van der Waals surface area contributed by atoms with Crippen LogP contribution < -0.4 is 15.4 Å². The Morgan fingerprint density at radius 1 is 1.05 bits per heavy atom. The van der Waals surface area contributed by atoms with Gasteiger partial charge in [-0.15, -0.1) is 0 Å². The van der Waals surface area contributed by atoms with Gasteiger partial charge in [-0.2, -0.15) is 0 Å². The number of fused-ring (bicyclic) bond motifs is 1. The van der Waals surface area contributed by atoms with Crippen LogP contribution in [0.4, 0.5) is 9.59 Å². The summed E-state index contributed by atoms with van der Waals surface area (Å²) >= 11 is 0. The topological polar surface area (TPSA) is 182 Å². The molecule has 1 saturated heterocycles. The predicted molar refractivity (Wildman–Crippen MR) is 148 cm³/mol. The molecule has 228 valence electrons. The van der Waals surface area contributed by atoms with Crippen molar-refractivity contribution in [2.24, 2.45) is 11.8 Å². The number of amides is 4. The van der Waals surface area contributed by atoms with Gasteiger partial charge in [0.15, 0.2) is 12.4 Å². The van der Waals surface area contributed by atoms with Crippen LogP contribution in [0.1, 0.15) is 43.6 Å². The van der Waals surface area contributed by atoms with Gasteiger partial charge in [-0.05, 0) is 43.4 Å². The molecule has 3 rings (SSSR count). The van der Waals surface area contributed by atoms with Crippen LogP contribution >= 0.6 is 0 Å². The first-order valence-corrected chi connectivity index (χ1v) is 13.4. The Balaban J connectivity index is 1.79. The number of likely N-dealkylation sites (tertiary alicyclic amines) is 1. The molecule has 3 atom stereocenters. The van der Waals surface area contributed by atoms with Crippen LogP contribution in [0.3, 0.4) is 0 Å². The smallest absolute Gasteiger partial charge is 0.496 e. The lowest BCUT2D eigenvalue weighted by atomic mass is 9.95. The number of hydrogen-bond donors (Lipinski definition) is 3. The van der Waals surface area contributed by atoms with E-state index in [4.69, 9.17) is 9.47 Å². The third kappa shape index (κ3) is 7.77. The summed E-state index contributed by atoms with van der Waals surface area (Å²) in [5.41, 5.74) is 0.873. The highest BCUT2D eigenvalue weighted by molar-refractivity contribution is 6.02. The summed E-state index contributed by atoms with van der Waals surface area (Å²) in [6.07, 6.45) is -1.61. The first-order chi connectivity index (χ1) is 20.0. The summed E-state index contributed by atoms with van der Waals surface area (Å²) in [6, 6.07) is 4.61. The SMILES string of the molecule is COC(=O)OCC(=O)C(C[C@@H]1CCN(C(=O)OC)C1=O)NC(=O)C(CC(C)C)NC(=O)c1cc2c(OC)cccc2[nH]1.